The van der Waals surface area contributed by atoms with Crippen LogP contribution in [0.1, 0.15) is 42.7 Å². The molecule has 210 valence electrons. The van der Waals surface area contributed by atoms with E-state index in [1.165, 1.54) is 42.0 Å². The lowest BCUT2D eigenvalue weighted by molar-refractivity contribution is -0.659. The van der Waals surface area contributed by atoms with Gasteiger partial charge in [0.05, 0.1) is 16.5 Å². The number of benzene rings is 5. The van der Waals surface area contributed by atoms with Gasteiger partial charge >= 0.3 is 0 Å². The minimum absolute atomic E-state index is 0.287. The van der Waals surface area contributed by atoms with Gasteiger partial charge in [-0.2, -0.15) is 0 Å². The van der Waals surface area contributed by atoms with E-state index in [2.05, 4.69) is 85.4 Å². The Morgan fingerprint density at radius 3 is 2.19 bits per heavy atom. The predicted octanol–water partition coefficient (Wildman–Crippen LogP) is 10.7. The fraction of sp³-hybridized carbons (Fsp3) is 0.175. The Balaban J connectivity index is 1.36. The maximum atomic E-state index is 15.7. The van der Waals surface area contributed by atoms with E-state index < -0.39 is 0 Å². The number of hydrogen-bond acceptors (Lipinski definition) is 1. The highest BCUT2D eigenvalue weighted by molar-refractivity contribution is 6.14. The molecule has 0 radical (unpaired) electrons. The molecule has 8 rings (SSSR count). The number of halogens is 1. The molecule has 3 heteroatoms. The molecule has 1 saturated carbocycles. The van der Waals surface area contributed by atoms with E-state index in [1.807, 2.05) is 36.4 Å². The second-order valence-electron chi connectivity index (χ2n) is 12.1. The molecule has 1 aliphatic carbocycles. The summed E-state index contributed by atoms with van der Waals surface area (Å²) in [5.41, 5.74) is 9.56. The third-order valence-electron chi connectivity index (χ3n) is 9.45. The van der Waals surface area contributed by atoms with Gasteiger partial charge in [0, 0.05) is 16.8 Å². The molecular weight excluding hydrogens is 529 g/mol. The maximum Gasteiger partial charge on any atom is 0.224 e. The molecule has 0 N–H and O–H groups in total. The molecule has 5 aromatic carbocycles. The Morgan fingerprint density at radius 2 is 1.37 bits per heavy atom. The van der Waals surface area contributed by atoms with Gasteiger partial charge in [-0.05, 0) is 83.2 Å². The van der Waals surface area contributed by atoms with Crippen LogP contribution in [0.15, 0.2) is 114 Å². The van der Waals surface area contributed by atoms with Gasteiger partial charge in [-0.15, -0.1) is 0 Å². The third kappa shape index (κ3) is 4.26. The minimum Gasteiger partial charge on any atom is -0.454 e. The highest BCUT2D eigenvalue weighted by atomic mass is 19.1. The molecule has 7 aromatic rings. The fourth-order valence-electron chi connectivity index (χ4n) is 7.24. The van der Waals surface area contributed by atoms with Gasteiger partial charge in [-0.1, -0.05) is 85.6 Å². The van der Waals surface area contributed by atoms with E-state index in [4.69, 9.17) is 4.42 Å². The number of rotatable bonds is 4. The van der Waals surface area contributed by atoms with Gasteiger partial charge in [0.2, 0.25) is 5.69 Å². The molecule has 0 unspecified atom stereocenters. The molecule has 0 bridgehead atoms. The molecule has 1 aliphatic rings. The Morgan fingerprint density at radius 1 is 0.674 bits per heavy atom. The highest BCUT2D eigenvalue weighted by Crippen LogP contribution is 2.44. The van der Waals surface area contributed by atoms with Crippen molar-refractivity contribution in [3.8, 4) is 33.5 Å². The van der Waals surface area contributed by atoms with Crippen LogP contribution in [-0.4, -0.2) is 0 Å². The molecule has 0 amide bonds. The van der Waals surface area contributed by atoms with Crippen molar-refractivity contribution in [1.29, 1.82) is 0 Å². The first kappa shape index (κ1) is 25.9. The second kappa shape index (κ2) is 10.2. The van der Waals surface area contributed by atoms with Gasteiger partial charge in [-0.25, -0.2) is 8.96 Å². The molecule has 2 aromatic heterocycles. The second-order valence-corrected chi connectivity index (χ2v) is 12.1. The van der Waals surface area contributed by atoms with E-state index in [9.17, 15) is 0 Å². The van der Waals surface area contributed by atoms with Crippen LogP contribution in [0.2, 0.25) is 0 Å². The smallest absolute Gasteiger partial charge is 0.224 e. The molecule has 43 heavy (non-hydrogen) atoms. The first-order chi connectivity index (χ1) is 21.1. The lowest BCUT2D eigenvalue weighted by atomic mass is 9.92. The monoisotopic (exact) mass is 562 g/mol. The Hall–Kier alpha value is -4.76. The Bertz CT molecular complexity index is 2170. The number of aromatic nitrogens is 1. The zero-order chi connectivity index (χ0) is 29.1. The summed E-state index contributed by atoms with van der Waals surface area (Å²) in [4.78, 5) is 0. The summed E-state index contributed by atoms with van der Waals surface area (Å²) in [5.74, 6) is 0.376. The van der Waals surface area contributed by atoms with Crippen molar-refractivity contribution in [2.45, 2.75) is 38.5 Å². The molecule has 0 spiro atoms. The van der Waals surface area contributed by atoms with Crippen molar-refractivity contribution in [2.24, 2.45) is 7.05 Å². The van der Waals surface area contributed by atoms with Gasteiger partial charge in [0.25, 0.3) is 0 Å². The average molecular weight is 563 g/mol. The number of hydrogen-bond donors (Lipinski definition) is 0. The molecule has 2 nitrogen and oxygen atoms in total. The summed E-state index contributed by atoms with van der Waals surface area (Å²) in [6.07, 6.45) is 7.36. The van der Waals surface area contributed by atoms with Gasteiger partial charge in [0.15, 0.2) is 6.20 Å². The summed E-state index contributed by atoms with van der Waals surface area (Å²) in [6, 6.07) is 35.2. The predicted molar refractivity (Wildman–Crippen MR) is 175 cm³/mol. The van der Waals surface area contributed by atoms with Gasteiger partial charge < -0.3 is 4.42 Å². The highest BCUT2D eigenvalue weighted by Gasteiger charge is 2.26. The number of fused-ring (bicyclic) bond motifs is 4. The number of furan rings is 1. The van der Waals surface area contributed by atoms with Gasteiger partial charge in [-0.3, -0.25) is 0 Å². The average Bonchev–Trinajstić information content (AvgIpc) is 3.71. The minimum atomic E-state index is -0.287. The van der Waals surface area contributed by atoms with Crippen molar-refractivity contribution >= 4 is 32.7 Å². The summed E-state index contributed by atoms with van der Waals surface area (Å²) >= 11 is 0. The quantitative estimate of drug-likeness (QED) is 0.195. The molecule has 1 fully saturated rings. The zero-order valence-electron chi connectivity index (χ0n) is 24.5. The van der Waals surface area contributed by atoms with Crippen LogP contribution in [0.3, 0.4) is 0 Å². The summed E-state index contributed by atoms with van der Waals surface area (Å²) < 4.78 is 24.7. The van der Waals surface area contributed by atoms with E-state index in [1.54, 1.807) is 6.07 Å². The molecule has 0 atom stereocenters. The van der Waals surface area contributed by atoms with E-state index >= 15 is 4.39 Å². The van der Waals surface area contributed by atoms with Crippen LogP contribution in [0.25, 0.3) is 66.2 Å². The molecule has 0 aliphatic heterocycles. The lowest BCUT2D eigenvalue weighted by Gasteiger charge is -2.12. The standard InChI is InChI=1S/C40H33FNO/c1-25-15-17-33-34-19-20-35(41)37(31-14-8-13-28(24-31)26-9-4-3-5-10-26)40(34)43-39(33)36(25)38-32-18-16-29(27-11-6-7-12-27)23-30(32)21-22-42(38)2/h3-5,8-10,13-24,27H,6-7,11-12H2,1-2H3/q+1. The van der Waals surface area contributed by atoms with E-state index in [0.29, 0.717) is 17.1 Å². The summed E-state index contributed by atoms with van der Waals surface area (Å²) in [7, 11) is 2.10. The zero-order valence-corrected chi connectivity index (χ0v) is 24.5. The largest absolute Gasteiger partial charge is 0.454 e. The maximum absolute atomic E-state index is 15.7. The topological polar surface area (TPSA) is 17.0 Å². The lowest BCUT2D eigenvalue weighted by Crippen LogP contribution is -2.30. The van der Waals surface area contributed by atoms with E-state index in [-0.39, 0.29) is 5.82 Å². The molecule has 0 saturated heterocycles. The van der Waals surface area contributed by atoms with Crippen LogP contribution in [-0.2, 0) is 7.05 Å². The Labute approximate surface area is 251 Å². The first-order valence-electron chi connectivity index (χ1n) is 15.3. The number of aryl methyl sites for hydroxylation is 2. The van der Waals surface area contributed by atoms with Crippen molar-refractivity contribution in [1.82, 2.24) is 0 Å². The van der Waals surface area contributed by atoms with Crippen LogP contribution >= 0.6 is 0 Å². The van der Waals surface area contributed by atoms with Crippen LogP contribution in [0.5, 0.6) is 0 Å². The first-order valence-corrected chi connectivity index (χ1v) is 15.3. The van der Waals surface area contributed by atoms with Crippen LogP contribution in [0, 0.1) is 12.7 Å². The van der Waals surface area contributed by atoms with Crippen molar-refractivity contribution in [2.75, 3.05) is 0 Å². The molecular formula is C40H33FNO+. The van der Waals surface area contributed by atoms with Crippen molar-refractivity contribution < 1.29 is 13.4 Å². The third-order valence-corrected chi connectivity index (χ3v) is 9.45. The van der Waals surface area contributed by atoms with Crippen molar-refractivity contribution in [3.63, 3.8) is 0 Å². The SMILES string of the molecule is Cc1ccc2c(oc3c(-c4cccc(-c5ccccc5)c4)c(F)ccc32)c1-c1c2ccc(C3CCCC3)cc2cc[n+]1C. The summed E-state index contributed by atoms with van der Waals surface area (Å²) in [6.45, 7) is 2.14. The fourth-order valence-corrected chi connectivity index (χ4v) is 7.24. The number of nitrogens with zero attached hydrogens (tertiary/aromatic N) is 1. The van der Waals surface area contributed by atoms with Gasteiger partial charge in [0.1, 0.15) is 24.0 Å². The van der Waals surface area contributed by atoms with Crippen molar-refractivity contribution in [3.05, 3.63) is 126 Å². The Kier molecular flexibility index (Phi) is 6.15. The van der Waals surface area contributed by atoms with Crippen LogP contribution in [0.4, 0.5) is 4.39 Å². The van der Waals surface area contributed by atoms with E-state index in [0.717, 1.165) is 49.9 Å². The normalized spacial score (nSPS) is 13.9. The molecule has 2 heterocycles. The number of pyridine rings is 1. The summed E-state index contributed by atoms with van der Waals surface area (Å²) in [5, 5.41) is 4.36. The van der Waals surface area contributed by atoms with Crippen LogP contribution < -0.4 is 4.57 Å².